The molecule has 1 rings (SSSR count). The Morgan fingerprint density at radius 1 is 1.53 bits per heavy atom. The molecular weight excluding hydrogens is 244 g/mol. The lowest BCUT2D eigenvalue weighted by Gasteiger charge is -2.04. The fourth-order valence-electron chi connectivity index (χ4n) is 1.27. The molecule has 0 heterocycles. The lowest BCUT2D eigenvalue weighted by atomic mass is 10.2. The summed E-state index contributed by atoms with van der Waals surface area (Å²) in [6.45, 7) is 2.57. The van der Waals surface area contributed by atoms with Crippen molar-refractivity contribution in [2.75, 3.05) is 6.54 Å². The molecule has 0 spiro atoms. The van der Waals surface area contributed by atoms with E-state index in [1.54, 1.807) is 0 Å². The summed E-state index contributed by atoms with van der Waals surface area (Å²) in [6, 6.07) is 4.01. The van der Waals surface area contributed by atoms with Gasteiger partial charge in [-0.25, -0.2) is 0 Å². The molecule has 1 aromatic rings. The van der Waals surface area contributed by atoms with E-state index in [0.717, 1.165) is 12.8 Å². The van der Waals surface area contributed by atoms with Crippen molar-refractivity contribution in [3.05, 3.63) is 38.9 Å². The van der Waals surface area contributed by atoms with Crippen LogP contribution < -0.4 is 5.32 Å². The van der Waals surface area contributed by atoms with Crippen molar-refractivity contribution >= 4 is 23.2 Å². The summed E-state index contributed by atoms with van der Waals surface area (Å²) in [6.07, 6.45) is 1.85. The van der Waals surface area contributed by atoms with Crippen LogP contribution in [-0.2, 0) is 0 Å². The van der Waals surface area contributed by atoms with Gasteiger partial charge in [0.1, 0.15) is 5.02 Å². The van der Waals surface area contributed by atoms with Crippen molar-refractivity contribution in [1.82, 2.24) is 5.32 Å². The summed E-state index contributed by atoms with van der Waals surface area (Å²) < 4.78 is 0. The third kappa shape index (κ3) is 3.71. The highest BCUT2D eigenvalue weighted by Crippen LogP contribution is 2.24. The first kappa shape index (κ1) is 13.4. The second kappa shape index (κ2) is 6.20. The quantitative estimate of drug-likeness (QED) is 0.500. The number of rotatable bonds is 5. The van der Waals surface area contributed by atoms with Crippen LogP contribution >= 0.6 is 11.6 Å². The second-order valence-electron chi connectivity index (χ2n) is 3.53. The first-order chi connectivity index (χ1) is 8.06. The smallest absolute Gasteiger partial charge is 0.288 e. The van der Waals surface area contributed by atoms with Crippen molar-refractivity contribution in [3.63, 3.8) is 0 Å². The van der Waals surface area contributed by atoms with E-state index in [4.69, 9.17) is 11.6 Å². The second-order valence-corrected chi connectivity index (χ2v) is 3.94. The molecule has 0 saturated heterocycles. The van der Waals surface area contributed by atoms with Crippen LogP contribution in [0.4, 0.5) is 5.69 Å². The highest BCUT2D eigenvalue weighted by Gasteiger charge is 2.15. The Morgan fingerprint density at radius 2 is 2.24 bits per heavy atom. The zero-order chi connectivity index (χ0) is 12.8. The number of carbonyl (C=O) groups is 1. The maximum absolute atomic E-state index is 11.6. The van der Waals surface area contributed by atoms with E-state index in [9.17, 15) is 14.9 Å². The van der Waals surface area contributed by atoms with Gasteiger partial charge in [0, 0.05) is 18.2 Å². The standard InChI is InChI=1S/C11H13ClN2O3/c1-2-3-6-13-11(15)8-4-5-9(12)10(7-8)14(16)17/h4-5,7H,2-3,6H2,1H3,(H,13,15). The summed E-state index contributed by atoms with van der Waals surface area (Å²) in [7, 11) is 0. The SMILES string of the molecule is CCCCNC(=O)c1ccc(Cl)c([N+](=O)[O-])c1. The Morgan fingerprint density at radius 3 is 2.82 bits per heavy atom. The third-order valence-electron chi connectivity index (χ3n) is 2.22. The van der Waals surface area contributed by atoms with E-state index in [1.165, 1.54) is 18.2 Å². The molecule has 0 fully saturated rings. The molecule has 1 amide bonds. The predicted octanol–water partition coefficient (Wildman–Crippen LogP) is 2.78. The molecule has 5 nitrogen and oxygen atoms in total. The number of halogens is 1. The highest BCUT2D eigenvalue weighted by atomic mass is 35.5. The van der Waals surface area contributed by atoms with Gasteiger partial charge in [0.2, 0.25) is 0 Å². The molecule has 0 saturated carbocycles. The summed E-state index contributed by atoms with van der Waals surface area (Å²) in [5.74, 6) is -0.321. The summed E-state index contributed by atoms with van der Waals surface area (Å²) in [4.78, 5) is 21.7. The number of benzene rings is 1. The lowest BCUT2D eigenvalue weighted by Crippen LogP contribution is -2.24. The molecule has 1 aromatic carbocycles. The minimum atomic E-state index is -0.606. The number of hydrogen-bond donors (Lipinski definition) is 1. The number of nitro benzene ring substituents is 1. The van der Waals surface area contributed by atoms with Crippen molar-refractivity contribution < 1.29 is 9.72 Å². The Balaban J connectivity index is 2.81. The van der Waals surface area contributed by atoms with Gasteiger partial charge in [-0.15, -0.1) is 0 Å². The molecule has 0 aromatic heterocycles. The Hall–Kier alpha value is -1.62. The van der Waals surface area contributed by atoms with Crippen molar-refractivity contribution in [3.8, 4) is 0 Å². The Bertz CT molecular complexity index is 435. The van der Waals surface area contributed by atoms with Gasteiger partial charge in [-0.3, -0.25) is 14.9 Å². The van der Waals surface area contributed by atoms with E-state index >= 15 is 0 Å². The lowest BCUT2D eigenvalue weighted by molar-refractivity contribution is -0.384. The minimum Gasteiger partial charge on any atom is -0.352 e. The normalized spacial score (nSPS) is 10.0. The number of nitrogens with zero attached hydrogens (tertiary/aromatic N) is 1. The monoisotopic (exact) mass is 256 g/mol. The molecular formula is C11H13ClN2O3. The van der Waals surface area contributed by atoms with E-state index in [2.05, 4.69) is 5.32 Å². The molecule has 92 valence electrons. The van der Waals surface area contributed by atoms with Gasteiger partial charge in [0.15, 0.2) is 0 Å². The summed E-state index contributed by atoms with van der Waals surface area (Å²) in [5.41, 5.74) is -0.00740. The fraction of sp³-hybridized carbons (Fsp3) is 0.364. The molecule has 1 N–H and O–H groups in total. The van der Waals surface area contributed by atoms with Gasteiger partial charge in [0.25, 0.3) is 11.6 Å². The van der Waals surface area contributed by atoms with Crippen LogP contribution in [0.2, 0.25) is 5.02 Å². The van der Waals surface area contributed by atoms with Crippen LogP contribution in [0.15, 0.2) is 18.2 Å². The van der Waals surface area contributed by atoms with Crippen LogP contribution in [0.1, 0.15) is 30.1 Å². The maximum atomic E-state index is 11.6. The van der Waals surface area contributed by atoms with E-state index in [-0.39, 0.29) is 22.2 Å². The molecule has 6 heteroatoms. The van der Waals surface area contributed by atoms with Gasteiger partial charge < -0.3 is 5.32 Å². The molecule has 0 aliphatic heterocycles. The van der Waals surface area contributed by atoms with Crippen LogP contribution in [0.25, 0.3) is 0 Å². The molecule has 0 atom stereocenters. The number of nitrogens with one attached hydrogen (secondary N) is 1. The average Bonchev–Trinajstić information content (AvgIpc) is 2.29. The van der Waals surface area contributed by atoms with Gasteiger partial charge in [-0.05, 0) is 18.6 Å². The average molecular weight is 257 g/mol. The summed E-state index contributed by atoms with van der Waals surface area (Å²) in [5, 5.41) is 13.4. The van der Waals surface area contributed by atoms with E-state index in [1.807, 2.05) is 6.92 Å². The van der Waals surface area contributed by atoms with Crippen molar-refractivity contribution in [2.45, 2.75) is 19.8 Å². The Kier molecular flexibility index (Phi) is 4.90. The zero-order valence-electron chi connectivity index (χ0n) is 9.40. The number of hydrogen-bond acceptors (Lipinski definition) is 3. The molecule has 0 bridgehead atoms. The maximum Gasteiger partial charge on any atom is 0.288 e. The molecule has 0 aliphatic carbocycles. The predicted molar refractivity (Wildman–Crippen MR) is 65.3 cm³/mol. The van der Waals surface area contributed by atoms with Crippen LogP contribution in [0, 0.1) is 10.1 Å². The first-order valence-corrected chi connectivity index (χ1v) is 5.66. The zero-order valence-corrected chi connectivity index (χ0v) is 10.2. The van der Waals surface area contributed by atoms with Gasteiger partial charge in [-0.1, -0.05) is 24.9 Å². The third-order valence-corrected chi connectivity index (χ3v) is 2.54. The number of unbranched alkanes of at least 4 members (excludes halogenated alkanes) is 1. The van der Waals surface area contributed by atoms with Crippen molar-refractivity contribution in [2.24, 2.45) is 0 Å². The highest BCUT2D eigenvalue weighted by molar-refractivity contribution is 6.32. The number of nitro groups is 1. The van der Waals surface area contributed by atoms with Crippen LogP contribution in [0.3, 0.4) is 0 Å². The molecule has 0 aliphatic rings. The molecule has 0 radical (unpaired) electrons. The van der Waals surface area contributed by atoms with Gasteiger partial charge in [0.05, 0.1) is 4.92 Å². The van der Waals surface area contributed by atoms with Crippen LogP contribution in [-0.4, -0.2) is 17.4 Å². The van der Waals surface area contributed by atoms with Gasteiger partial charge >= 0.3 is 0 Å². The molecule has 0 unspecified atom stereocenters. The van der Waals surface area contributed by atoms with Crippen molar-refractivity contribution in [1.29, 1.82) is 0 Å². The minimum absolute atomic E-state index is 0.0279. The number of amides is 1. The largest absolute Gasteiger partial charge is 0.352 e. The fourth-order valence-corrected chi connectivity index (χ4v) is 1.46. The van der Waals surface area contributed by atoms with E-state index < -0.39 is 4.92 Å². The first-order valence-electron chi connectivity index (χ1n) is 5.28. The Labute approximate surface area is 104 Å². The molecule has 17 heavy (non-hydrogen) atoms. The van der Waals surface area contributed by atoms with Gasteiger partial charge in [-0.2, -0.15) is 0 Å². The topological polar surface area (TPSA) is 72.2 Å². The van der Waals surface area contributed by atoms with Crippen LogP contribution in [0.5, 0.6) is 0 Å². The summed E-state index contributed by atoms with van der Waals surface area (Å²) >= 11 is 5.65. The van der Waals surface area contributed by atoms with E-state index in [0.29, 0.717) is 6.54 Å². The number of carbonyl (C=O) groups excluding carboxylic acids is 1.